The number of aromatic nitrogens is 1. The predicted molar refractivity (Wildman–Crippen MR) is 99.8 cm³/mol. The van der Waals surface area contributed by atoms with Crippen LogP contribution in [0.25, 0.3) is 0 Å². The molecule has 134 valence electrons. The zero-order chi connectivity index (χ0) is 18.4. The number of rotatable bonds is 7. The monoisotopic (exact) mass is 381 g/mol. The summed E-state index contributed by atoms with van der Waals surface area (Å²) in [6, 6.07) is 4.78. The van der Waals surface area contributed by atoms with E-state index >= 15 is 0 Å². The summed E-state index contributed by atoms with van der Waals surface area (Å²) < 4.78 is 4.88. The normalized spacial score (nSPS) is 10.6. The van der Waals surface area contributed by atoms with Crippen LogP contribution in [0.4, 0.5) is 5.69 Å². The molecule has 1 aromatic heterocycles. The van der Waals surface area contributed by atoms with Crippen molar-refractivity contribution >= 4 is 40.4 Å². The molecule has 0 bridgehead atoms. The average Bonchev–Trinajstić information content (AvgIpc) is 2.96. The molecule has 6 nitrogen and oxygen atoms in total. The maximum absolute atomic E-state index is 12.4. The van der Waals surface area contributed by atoms with Crippen molar-refractivity contribution in [3.8, 4) is 0 Å². The van der Waals surface area contributed by atoms with Gasteiger partial charge in [0, 0.05) is 19.3 Å². The second kappa shape index (κ2) is 8.94. The molecular weight excluding hydrogens is 362 g/mol. The lowest BCUT2D eigenvalue weighted by Gasteiger charge is -2.09. The van der Waals surface area contributed by atoms with Gasteiger partial charge >= 0.3 is 0 Å². The number of hydrogen-bond donors (Lipinski definition) is 2. The fourth-order valence-electron chi connectivity index (χ4n) is 2.14. The summed E-state index contributed by atoms with van der Waals surface area (Å²) in [5, 5.41) is 6.68. The molecule has 25 heavy (non-hydrogen) atoms. The van der Waals surface area contributed by atoms with Gasteiger partial charge < -0.3 is 15.4 Å². The number of nitrogens with zero attached hydrogens (tertiary/aromatic N) is 1. The number of halogens is 1. The molecule has 2 N–H and O–H groups in total. The van der Waals surface area contributed by atoms with Crippen molar-refractivity contribution < 1.29 is 14.3 Å². The SMILES string of the molecule is CCc1nc(C)c(C(=O)Nc2ccc(C(=O)NCCOC)c(Cl)c2)s1. The first-order valence-electron chi connectivity index (χ1n) is 7.80. The minimum absolute atomic E-state index is 0.233. The van der Waals surface area contributed by atoms with Gasteiger partial charge in [0.25, 0.3) is 11.8 Å². The molecule has 0 aliphatic carbocycles. The number of nitrogens with one attached hydrogen (secondary N) is 2. The van der Waals surface area contributed by atoms with E-state index < -0.39 is 0 Å². The van der Waals surface area contributed by atoms with Gasteiger partial charge in [-0.05, 0) is 31.5 Å². The van der Waals surface area contributed by atoms with Crippen molar-refractivity contribution in [1.29, 1.82) is 0 Å². The van der Waals surface area contributed by atoms with Gasteiger partial charge in [-0.2, -0.15) is 0 Å². The van der Waals surface area contributed by atoms with E-state index in [2.05, 4.69) is 15.6 Å². The number of amides is 2. The van der Waals surface area contributed by atoms with Gasteiger partial charge in [-0.3, -0.25) is 9.59 Å². The van der Waals surface area contributed by atoms with Crippen molar-refractivity contribution in [1.82, 2.24) is 10.3 Å². The van der Waals surface area contributed by atoms with Gasteiger partial charge in [-0.15, -0.1) is 11.3 Å². The van der Waals surface area contributed by atoms with Crippen molar-refractivity contribution in [2.45, 2.75) is 20.3 Å². The molecule has 0 spiro atoms. The molecule has 0 aliphatic rings. The van der Waals surface area contributed by atoms with E-state index in [1.54, 1.807) is 25.3 Å². The Balaban J connectivity index is 2.08. The number of methoxy groups -OCH3 is 1. The van der Waals surface area contributed by atoms with E-state index in [1.165, 1.54) is 11.3 Å². The largest absolute Gasteiger partial charge is 0.383 e. The Morgan fingerprint density at radius 3 is 2.68 bits per heavy atom. The number of aryl methyl sites for hydroxylation is 2. The lowest BCUT2D eigenvalue weighted by molar-refractivity contribution is 0.0937. The second-order valence-corrected chi connectivity index (χ2v) is 6.76. The van der Waals surface area contributed by atoms with Gasteiger partial charge in [0.15, 0.2) is 0 Å². The van der Waals surface area contributed by atoms with Crippen LogP contribution >= 0.6 is 22.9 Å². The Hall–Kier alpha value is -1.96. The molecule has 0 saturated carbocycles. The van der Waals surface area contributed by atoms with Crippen LogP contribution in [0.15, 0.2) is 18.2 Å². The van der Waals surface area contributed by atoms with Crippen LogP contribution in [0, 0.1) is 6.92 Å². The van der Waals surface area contributed by atoms with Gasteiger partial charge in [0.1, 0.15) is 4.88 Å². The number of thiazole rings is 1. The summed E-state index contributed by atoms with van der Waals surface area (Å²) in [6.45, 7) is 4.63. The van der Waals surface area contributed by atoms with E-state index in [0.717, 1.165) is 11.4 Å². The van der Waals surface area contributed by atoms with E-state index in [9.17, 15) is 9.59 Å². The van der Waals surface area contributed by atoms with E-state index in [0.29, 0.717) is 35.0 Å². The molecule has 0 saturated heterocycles. The minimum atomic E-state index is -0.286. The molecule has 0 fully saturated rings. The Labute approximate surface area is 155 Å². The first-order valence-corrected chi connectivity index (χ1v) is 9.00. The number of carbonyl (C=O) groups is 2. The van der Waals surface area contributed by atoms with Crippen LogP contribution in [0.1, 0.15) is 37.7 Å². The molecule has 0 atom stereocenters. The third-order valence-electron chi connectivity index (χ3n) is 3.41. The van der Waals surface area contributed by atoms with Crippen LogP contribution in [0.5, 0.6) is 0 Å². The van der Waals surface area contributed by atoms with Crippen LogP contribution in [-0.2, 0) is 11.2 Å². The maximum Gasteiger partial charge on any atom is 0.267 e. The summed E-state index contributed by atoms with van der Waals surface area (Å²) in [7, 11) is 1.56. The fraction of sp³-hybridized carbons (Fsp3) is 0.353. The summed E-state index contributed by atoms with van der Waals surface area (Å²) in [5.74, 6) is -0.520. The molecule has 0 radical (unpaired) electrons. The van der Waals surface area contributed by atoms with Crippen molar-refractivity contribution in [3.05, 3.63) is 44.4 Å². The molecule has 8 heteroatoms. The predicted octanol–water partition coefficient (Wildman–Crippen LogP) is 3.30. The fourth-order valence-corrected chi connectivity index (χ4v) is 3.31. The highest BCUT2D eigenvalue weighted by Gasteiger charge is 2.16. The van der Waals surface area contributed by atoms with E-state index in [-0.39, 0.29) is 16.8 Å². The lowest BCUT2D eigenvalue weighted by Crippen LogP contribution is -2.27. The highest BCUT2D eigenvalue weighted by Crippen LogP contribution is 2.24. The number of anilines is 1. The second-order valence-electron chi connectivity index (χ2n) is 5.27. The highest BCUT2D eigenvalue weighted by molar-refractivity contribution is 7.13. The standard InChI is InChI=1S/C17H20ClN3O3S/c1-4-14-20-10(2)15(25-14)17(23)21-11-5-6-12(13(18)9-11)16(22)19-7-8-24-3/h5-6,9H,4,7-8H2,1-3H3,(H,19,22)(H,21,23). The van der Waals surface area contributed by atoms with Crippen molar-refractivity contribution in [2.24, 2.45) is 0 Å². The summed E-state index contributed by atoms with van der Waals surface area (Å²) in [4.78, 5) is 29.4. The maximum atomic E-state index is 12.4. The van der Waals surface area contributed by atoms with Gasteiger partial charge in [-0.25, -0.2) is 4.98 Å². The number of ether oxygens (including phenoxy) is 1. The lowest BCUT2D eigenvalue weighted by atomic mass is 10.2. The Morgan fingerprint density at radius 1 is 1.32 bits per heavy atom. The van der Waals surface area contributed by atoms with Crippen molar-refractivity contribution in [2.75, 3.05) is 25.6 Å². The molecule has 2 rings (SSSR count). The zero-order valence-corrected chi connectivity index (χ0v) is 15.9. The smallest absolute Gasteiger partial charge is 0.267 e. The molecule has 1 heterocycles. The van der Waals surface area contributed by atoms with Crippen LogP contribution in [0.3, 0.4) is 0 Å². The van der Waals surface area contributed by atoms with E-state index in [1.807, 2.05) is 13.8 Å². The first-order chi connectivity index (χ1) is 12.0. The topological polar surface area (TPSA) is 80.3 Å². The van der Waals surface area contributed by atoms with Crippen molar-refractivity contribution in [3.63, 3.8) is 0 Å². The molecule has 2 aromatic rings. The number of benzene rings is 1. The van der Waals surface area contributed by atoms with Gasteiger partial charge in [0.05, 0.1) is 27.9 Å². The van der Waals surface area contributed by atoms with E-state index in [4.69, 9.17) is 16.3 Å². The molecule has 0 aliphatic heterocycles. The summed E-state index contributed by atoms with van der Waals surface area (Å²) in [6.07, 6.45) is 0.789. The minimum Gasteiger partial charge on any atom is -0.383 e. The number of hydrogen-bond acceptors (Lipinski definition) is 5. The Morgan fingerprint density at radius 2 is 2.08 bits per heavy atom. The third-order valence-corrected chi connectivity index (χ3v) is 5.03. The molecule has 2 amide bonds. The number of carbonyl (C=O) groups excluding carboxylic acids is 2. The van der Waals surface area contributed by atoms with Gasteiger partial charge in [-0.1, -0.05) is 18.5 Å². The van der Waals surface area contributed by atoms with Gasteiger partial charge in [0.2, 0.25) is 0 Å². The highest BCUT2D eigenvalue weighted by atomic mass is 35.5. The summed E-state index contributed by atoms with van der Waals surface area (Å²) >= 11 is 7.55. The van der Waals surface area contributed by atoms with Crippen LogP contribution in [0.2, 0.25) is 5.02 Å². The summed E-state index contributed by atoms with van der Waals surface area (Å²) in [5.41, 5.74) is 1.58. The molecular formula is C17H20ClN3O3S. The molecule has 0 unspecified atom stereocenters. The molecule has 1 aromatic carbocycles. The van der Waals surface area contributed by atoms with Crippen LogP contribution in [-0.4, -0.2) is 37.1 Å². The average molecular weight is 382 g/mol. The zero-order valence-electron chi connectivity index (χ0n) is 14.3. The quantitative estimate of drug-likeness (QED) is 0.721. The van der Waals surface area contributed by atoms with Crippen LogP contribution < -0.4 is 10.6 Å². The first kappa shape index (κ1) is 19.4. The third kappa shape index (κ3) is 5.01. The Kier molecular flexibility index (Phi) is 6.92. The Bertz CT molecular complexity index is 776.